The fraction of sp³-hybridized carbons (Fsp3) is 0.381. The lowest BCUT2D eigenvalue weighted by Crippen LogP contribution is -2.58. The number of hydrogen-bond donors (Lipinski definition) is 2. The Balaban J connectivity index is 0.00000320. The summed E-state index contributed by atoms with van der Waals surface area (Å²) in [4.78, 5) is 42.4. The van der Waals surface area contributed by atoms with Crippen LogP contribution in [0.15, 0.2) is 41.8 Å². The van der Waals surface area contributed by atoms with Gasteiger partial charge in [-0.05, 0) is 57.3 Å². The molecule has 0 fully saturated rings. The maximum Gasteiger partial charge on any atom is 0.259 e. The Morgan fingerprint density at radius 1 is 0.967 bits per heavy atom. The number of hydrogen-bond acceptors (Lipinski definition) is 5. The van der Waals surface area contributed by atoms with E-state index in [1.165, 1.54) is 11.3 Å². The number of anilines is 3. The molecule has 1 aromatic carbocycles. The molecule has 0 unspecified atom stereocenters. The van der Waals surface area contributed by atoms with Gasteiger partial charge >= 0.3 is 0 Å². The number of benzene rings is 1. The highest BCUT2D eigenvalue weighted by atomic mass is 35.5. The Morgan fingerprint density at radius 3 is 1.93 bits per heavy atom. The molecule has 3 rings (SSSR count). The zero-order valence-corrected chi connectivity index (χ0v) is 19.0. The fourth-order valence-corrected chi connectivity index (χ4v) is 4.06. The minimum absolute atomic E-state index is 0. The van der Waals surface area contributed by atoms with E-state index in [0.29, 0.717) is 11.4 Å². The van der Waals surface area contributed by atoms with E-state index in [1.54, 1.807) is 9.80 Å². The predicted octanol–water partition coefficient (Wildman–Crippen LogP) is 3.26. The Hall–Kier alpha value is -2.58. The Kier molecular flexibility index (Phi) is 7.86. The Bertz CT molecular complexity index is 854. The maximum atomic E-state index is 13.3. The van der Waals surface area contributed by atoms with Crippen LogP contribution in [0.2, 0.25) is 0 Å². The first-order chi connectivity index (χ1) is 13.8. The molecule has 0 bridgehead atoms. The highest BCUT2D eigenvalue weighted by molar-refractivity contribution is 7.14. The second kappa shape index (κ2) is 9.95. The minimum atomic E-state index is -1.27. The summed E-state index contributed by atoms with van der Waals surface area (Å²) in [5, 5.41) is 8.39. The summed E-state index contributed by atoms with van der Waals surface area (Å²) in [6.45, 7) is 7.54. The molecule has 2 N–H and O–H groups in total. The number of carbonyl (C=O) groups excluding carboxylic acids is 3. The molecule has 3 amide bonds. The lowest BCUT2D eigenvalue weighted by atomic mass is 10.2. The van der Waals surface area contributed by atoms with E-state index in [-0.39, 0.29) is 31.0 Å². The van der Waals surface area contributed by atoms with E-state index in [0.717, 1.165) is 5.00 Å². The van der Waals surface area contributed by atoms with Crippen molar-refractivity contribution in [3.8, 4) is 0 Å². The average molecular weight is 451 g/mol. The second-order valence-electron chi connectivity index (χ2n) is 7.42. The van der Waals surface area contributed by atoms with Crippen LogP contribution in [0, 0.1) is 0 Å². The van der Waals surface area contributed by atoms with Gasteiger partial charge in [-0.3, -0.25) is 14.4 Å². The first kappa shape index (κ1) is 23.7. The van der Waals surface area contributed by atoms with Gasteiger partial charge in [-0.2, -0.15) is 0 Å². The monoisotopic (exact) mass is 450 g/mol. The first-order valence-electron chi connectivity index (χ1n) is 9.63. The van der Waals surface area contributed by atoms with E-state index in [4.69, 9.17) is 0 Å². The normalized spacial score (nSPS) is 14.5. The number of halogens is 1. The smallest absolute Gasteiger partial charge is 0.259 e. The van der Waals surface area contributed by atoms with Crippen molar-refractivity contribution in [1.82, 2.24) is 5.32 Å². The molecule has 162 valence electrons. The summed E-state index contributed by atoms with van der Waals surface area (Å²) < 4.78 is 0. The van der Waals surface area contributed by atoms with E-state index in [2.05, 4.69) is 10.6 Å². The van der Waals surface area contributed by atoms with E-state index < -0.39 is 23.8 Å². The van der Waals surface area contributed by atoms with Crippen LogP contribution in [-0.4, -0.2) is 42.4 Å². The molecule has 0 atom stereocenters. The molecule has 0 saturated heterocycles. The largest absolute Gasteiger partial charge is 0.368 e. The highest BCUT2D eigenvalue weighted by Crippen LogP contribution is 2.35. The zero-order valence-electron chi connectivity index (χ0n) is 17.4. The topological polar surface area (TPSA) is 81.8 Å². The Labute approximate surface area is 186 Å². The molecule has 1 aliphatic heterocycles. The van der Waals surface area contributed by atoms with Crippen LogP contribution in [0.3, 0.4) is 0 Å². The third-order valence-electron chi connectivity index (χ3n) is 4.65. The lowest BCUT2D eigenvalue weighted by molar-refractivity contribution is -0.134. The van der Waals surface area contributed by atoms with Gasteiger partial charge in [0.1, 0.15) is 0 Å². The number of amides is 3. The molecule has 7 nitrogen and oxygen atoms in total. The molecule has 0 radical (unpaired) electrons. The van der Waals surface area contributed by atoms with Crippen molar-refractivity contribution in [3.05, 3.63) is 41.8 Å². The molecule has 2 aromatic rings. The van der Waals surface area contributed by atoms with Crippen molar-refractivity contribution in [1.29, 1.82) is 0 Å². The molecule has 1 aliphatic rings. The van der Waals surface area contributed by atoms with Gasteiger partial charge in [0, 0.05) is 12.1 Å². The van der Waals surface area contributed by atoms with Gasteiger partial charge in [0.05, 0.1) is 22.9 Å². The minimum Gasteiger partial charge on any atom is -0.368 e. The molecule has 0 aliphatic carbocycles. The van der Waals surface area contributed by atoms with E-state index in [9.17, 15) is 14.4 Å². The number of rotatable bonds is 6. The van der Waals surface area contributed by atoms with Crippen molar-refractivity contribution in [3.63, 3.8) is 0 Å². The van der Waals surface area contributed by atoms with Crippen LogP contribution >= 0.6 is 23.7 Å². The van der Waals surface area contributed by atoms with Gasteiger partial charge < -0.3 is 20.4 Å². The average Bonchev–Trinajstić information content (AvgIpc) is 3.16. The highest BCUT2D eigenvalue weighted by Gasteiger charge is 2.42. The molecular formula is C21H27ClN4O3S. The van der Waals surface area contributed by atoms with Gasteiger partial charge in [0.15, 0.2) is 6.04 Å². The van der Waals surface area contributed by atoms with E-state index in [1.807, 2.05) is 69.5 Å². The maximum absolute atomic E-state index is 13.3. The van der Waals surface area contributed by atoms with Gasteiger partial charge in [-0.25, -0.2) is 0 Å². The second-order valence-corrected chi connectivity index (χ2v) is 8.37. The molecule has 0 saturated carbocycles. The van der Waals surface area contributed by atoms with Gasteiger partial charge in [-0.15, -0.1) is 23.7 Å². The van der Waals surface area contributed by atoms with Crippen molar-refractivity contribution < 1.29 is 14.4 Å². The number of thiophene rings is 1. The number of nitrogens with one attached hydrogen (secondary N) is 2. The standard InChI is InChI=1S/C21H26N4O3S.ClH/c1-13(2)24-15-8-5-6-9-16(15)25(14(3)4)21(28)19(20(24)27)23-17(26)12-22-18-10-7-11-29-18;/h5-11,13-14,19,22H,12H2,1-4H3,(H,23,26);1H. The number of fused-ring (bicyclic) bond motifs is 1. The zero-order chi connectivity index (χ0) is 21.1. The summed E-state index contributed by atoms with van der Waals surface area (Å²) in [6.07, 6.45) is 0. The molecule has 2 heterocycles. The quantitative estimate of drug-likeness (QED) is 0.662. The van der Waals surface area contributed by atoms with Crippen LogP contribution in [0.25, 0.3) is 0 Å². The van der Waals surface area contributed by atoms with Crippen LogP contribution in [-0.2, 0) is 14.4 Å². The molecule has 30 heavy (non-hydrogen) atoms. The van der Waals surface area contributed by atoms with Gasteiger partial charge in [-0.1, -0.05) is 12.1 Å². The van der Waals surface area contributed by atoms with E-state index >= 15 is 0 Å². The summed E-state index contributed by atoms with van der Waals surface area (Å²) >= 11 is 1.47. The van der Waals surface area contributed by atoms with Crippen LogP contribution in [0.4, 0.5) is 16.4 Å². The third kappa shape index (κ3) is 4.76. The summed E-state index contributed by atoms with van der Waals surface area (Å²) in [5.41, 5.74) is 1.34. The third-order valence-corrected chi connectivity index (χ3v) is 5.48. The van der Waals surface area contributed by atoms with Crippen molar-refractivity contribution >= 4 is 57.8 Å². The predicted molar refractivity (Wildman–Crippen MR) is 124 cm³/mol. The molecule has 9 heteroatoms. The SMILES string of the molecule is CC(C)N1C(=O)C(NC(=O)CNc2cccs2)C(=O)N(C(C)C)c2ccccc21.Cl. The lowest BCUT2D eigenvalue weighted by Gasteiger charge is -2.29. The summed E-state index contributed by atoms with van der Waals surface area (Å²) in [6, 6.07) is 9.46. The number of nitrogens with zero attached hydrogens (tertiary/aromatic N) is 2. The van der Waals surface area contributed by atoms with Crippen LogP contribution < -0.4 is 20.4 Å². The molecule has 1 aromatic heterocycles. The van der Waals surface area contributed by atoms with Crippen molar-refractivity contribution in [2.75, 3.05) is 21.7 Å². The van der Waals surface area contributed by atoms with Crippen molar-refractivity contribution in [2.45, 2.75) is 45.8 Å². The van der Waals surface area contributed by atoms with Gasteiger partial charge in [0.25, 0.3) is 11.8 Å². The van der Waals surface area contributed by atoms with Crippen LogP contribution in [0.5, 0.6) is 0 Å². The van der Waals surface area contributed by atoms with Crippen LogP contribution in [0.1, 0.15) is 27.7 Å². The fourth-order valence-electron chi connectivity index (χ4n) is 3.44. The number of carbonyl (C=O) groups is 3. The van der Waals surface area contributed by atoms with Gasteiger partial charge in [0.2, 0.25) is 5.91 Å². The summed E-state index contributed by atoms with van der Waals surface area (Å²) in [5.74, 6) is -1.27. The Morgan fingerprint density at radius 2 is 1.50 bits per heavy atom. The first-order valence-corrected chi connectivity index (χ1v) is 10.5. The molecule has 0 spiro atoms. The van der Waals surface area contributed by atoms with Crippen molar-refractivity contribution in [2.24, 2.45) is 0 Å². The summed E-state index contributed by atoms with van der Waals surface area (Å²) in [7, 11) is 0. The number of para-hydroxylation sites is 2. The molecular weight excluding hydrogens is 424 g/mol.